The lowest BCUT2D eigenvalue weighted by Gasteiger charge is -2.13. The molecule has 0 saturated heterocycles. The first-order valence-electron chi connectivity index (χ1n) is 5.15. The van der Waals surface area contributed by atoms with E-state index in [4.69, 9.17) is 0 Å². The number of aryl methyl sites for hydroxylation is 1. The molecule has 6 nitrogen and oxygen atoms in total. The highest BCUT2D eigenvalue weighted by Gasteiger charge is 2.17. The van der Waals surface area contributed by atoms with Crippen molar-refractivity contribution in [1.82, 2.24) is 19.8 Å². The highest BCUT2D eigenvalue weighted by atomic mass is 32.2. The molecule has 0 bridgehead atoms. The lowest BCUT2D eigenvalue weighted by atomic mass is 10.5. The van der Waals surface area contributed by atoms with Crippen molar-refractivity contribution in [2.75, 3.05) is 26.7 Å². The quantitative estimate of drug-likeness (QED) is 0.737. The summed E-state index contributed by atoms with van der Waals surface area (Å²) in [6.45, 7) is 5.69. The first-order valence-corrected chi connectivity index (χ1v) is 6.64. The van der Waals surface area contributed by atoms with Crippen LogP contribution in [-0.2, 0) is 10.0 Å². The number of likely N-dealkylation sites (N-methyl/N-ethyl adjacent to an activating group) is 1. The molecule has 1 aromatic rings. The maximum absolute atomic E-state index is 11.8. The van der Waals surface area contributed by atoms with E-state index in [-0.39, 0.29) is 4.90 Å². The molecule has 0 aliphatic rings. The van der Waals surface area contributed by atoms with Crippen LogP contribution in [0.3, 0.4) is 0 Å². The van der Waals surface area contributed by atoms with Gasteiger partial charge in [0.2, 0.25) is 10.0 Å². The predicted octanol–water partition coefficient (Wildman–Crippen LogP) is -0.0519. The SMILES string of the molecule is CCN(C)CCNS(=O)(=O)c1cn[nH]c1C. The predicted molar refractivity (Wildman–Crippen MR) is 61.7 cm³/mol. The van der Waals surface area contributed by atoms with Crippen LogP contribution >= 0.6 is 0 Å². The number of nitrogens with one attached hydrogen (secondary N) is 2. The average molecular weight is 246 g/mol. The molecule has 0 aliphatic carbocycles. The van der Waals surface area contributed by atoms with Crippen molar-refractivity contribution in [1.29, 1.82) is 0 Å². The molecule has 0 radical (unpaired) electrons. The van der Waals surface area contributed by atoms with E-state index in [9.17, 15) is 8.42 Å². The van der Waals surface area contributed by atoms with Crippen LogP contribution in [0.15, 0.2) is 11.1 Å². The normalized spacial score (nSPS) is 12.2. The minimum atomic E-state index is -3.42. The van der Waals surface area contributed by atoms with Crippen molar-refractivity contribution in [3.05, 3.63) is 11.9 Å². The van der Waals surface area contributed by atoms with E-state index < -0.39 is 10.0 Å². The third-order valence-corrected chi connectivity index (χ3v) is 3.97. The summed E-state index contributed by atoms with van der Waals surface area (Å²) in [5.41, 5.74) is 0.552. The number of hydrogen-bond donors (Lipinski definition) is 2. The fourth-order valence-corrected chi connectivity index (χ4v) is 2.37. The summed E-state index contributed by atoms with van der Waals surface area (Å²) in [4.78, 5) is 2.25. The van der Waals surface area contributed by atoms with Gasteiger partial charge in [-0.15, -0.1) is 0 Å². The maximum Gasteiger partial charge on any atom is 0.243 e. The molecule has 1 aromatic heterocycles. The fourth-order valence-electron chi connectivity index (χ4n) is 1.22. The molecular formula is C9H18N4O2S. The monoisotopic (exact) mass is 246 g/mol. The Labute approximate surface area is 96.1 Å². The van der Waals surface area contributed by atoms with Crippen LogP contribution in [0.25, 0.3) is 0 Å². The second kappa shape index (κ2) is 5.42. The molecule has 2 N–H and O–H groups in total. The van der Waals surface area contributed by atoms with Crippen molar-refractivity contribution < 1.29 is 8.42 Å². The highest BCUT2D eigenvalue weighted by Crippen LogP contribution is 2.09. The van der Waals surface area contributed by atoms with Gasteiger partial charge in [-0.1, -0.05) is 6.92 Å². The molecule has 1 heterocycles. The van der Waals surface area contributed by atoms with Gasteiger partial charge in [0.05, 0.1) is 11.9 Å². The minimum Gasteiger partial charge on any atom is -0.305 e. The maximum atomic E-state index is 11.8. The Morgan fingerprint density at radius 2 is 2.25 bits per heavy atom. The molecule has 0 spiro atoms. The number of aromatic amines is 1. The molecule has 0 atom stereocenters. The van der Waals surface area contributed by atoms with Gasteiger partial charge in [0.25, 0.3) is 0 Å². The van der Waals surface area contributed by atoms with E-state index in [2.05, 4.69) is 14.9 Å². The summed E-state index contributed by atoms with van der Waals surface area (Å²) in [5, 5.41) is 6.30. The second-order valence-electron chi connectivity index (χ2n) is 3.65. The number of hydrogen-bond acceptors (Lipinski definition) is 4. The first-order chi connectivity index (χ1) is 7.47. The third-order valence-electron chi connectivity index (χ3n) is 2.40. The van der Waals surface area contributed by atoms with E-state index in [0.717, 1.165) is 6.54 Å². The van der Waals surface area contributed by atoms with Crippen molar-refractivity contribution in [3.63, 3.8) is 0 Å². The summed E-state index contributed by atoms with van der Waals surface area (Å²) in [6, 6.07) is 0. The Balaban J connectivity index is 2.57. The third kappa shape index (κ3) is 3.29. The van der Waals surface area contributed by atoms with Crippen molar-refractivity contribution >= 4 is 10.0 Å². The Hall–Kier alpha value is -0.920. The average Bonchev–Trinajstić information content (AvgIpc) is 2.64. The van der Waals surface area contributed by atoms with Crippen LogP contribution in [0.5, 0.6) is 0 Å². The van der Waals surface area contributed by atoms with Gasteiger partial charge in [0.15, 0.2) is 0 Å². The number of rotatable bonds is 6. The van der Waals surface area contributed by atoms with Gasteiger partial charge < -0.3 is 4.90 Å². The standard InChI is InChI=1S/C9H18N4O2S/c1-4-13(3)6-5-11-16(14,15)9-7-10-12-8(9)2/h7,11H,4-6H2,1-3H3,(H,10,12). The number of H-pyrrole nitrogens is 1. The molecule has 0 aliphatic heterocycles. The Bertz CT molecular complexity index is 426. The largest absolute Gasteiger partial charge is 0.305 e. The van der Waals surface area contributed by atoms with Crippen molar-refractivity contribution in [2.45, 2.75) is 18.7 Å². The molecule has 92 valence electrons. The molecule has 7 heteroatoms. The smallest absolute Gasteiger partial charge is 0.243 e. The summed E-state index contributed by atoms with van der Waals surface area (Å²) in [6.07, 6.45) is 1.32. The molecular weight excluding hydrogens is 228 g/mol. The summed E-state index contributed by atoms with van der Waals surface area (Å²) < 4.78 is 26.1. The number of sulfonamides is 1. The van der Waals surface area contributed by atoms with Gasteiger partial charge in [0, 0.05) is 13.1 Å². The molecule has 0 fully saturated rings. The zero-order valence-electron chi connectivity index (χ0n) is 9.82. The van der Waals surface area contributed by atoms with E-state index in [1.54, 1.807) is 6.92 Å². The van der Waals surface area contributed by atoms with E-state index >= 15 is 0 Å². The van der Waals surface area contributed by atoms with Crippen LogP contribution in [0.2, 0.25) is 0 Å². The molecule has 0 saturated carbocycles. The van der Waals surface area contributed by atoms with Gasteiger partial charge in [-0.3, -0.25) is 5.10 Å². The molecule has 16 heavy (non-hydrogen) atoms. The van der Waals surface area contributed by atoms with Crippen LogP contribution in [-0.4, -0.2) is 50.2 Å². The zero-order valence-corrected chi connectivity index (χ0v) is 10.6. The fraction of sp³-hybridized carbons (Fsp3) is 0.667. The zero-order chi connectivity index (χ0) is 12.2. The molecule has 0 unspecified atom stereocenters. The van der Waals surface area contributed by atoms with Crippen LogP contribution < -0.4 is 4.72 Å². The first kappa shape index (κ1) is 13.1. The Kier molecular flexibility index (Phi) is 4.45. The van der Waals surface area contributed by atoms with E-state index in [1.807, 2.05) is 18.9 Å². The van der Waals surface area contributed by atoms with Gasteiger partial charge in [-0.05, 0) is 20.5 Å². The lowest BCUT2D eigenvalue weighted by Crippen LogP contribution is -2.33. The summed E-state index contributed by atoms with van der Waals surface area (Å²) in [7, 11) is -1.48. The highest BCUT2D eigenvalue weighted by molar-refractivity contribution is 7.89. The minimum absolute atomic E-state index is 0.214. The number of aromatic nitrogens is 2. The van der Waals surface area contributed by atoms with Gasteiger partial charge in [-0.2, -0.15) is 5.10 Å². The second-order valence-corrected chi connectivity index (χ2v) is 5.39. The molecule has 0 aromatic carbocycles. The van der Waals surface area contributed by atoms with Crippen LogP contribution in [0.1, 0.15) is 12.6 Å². The van der Waals surface area contributed by atoms with Crippen molar-refractivity contribution in [3.8, 4) is 0 Å². The topological polar surface area (TPSA) is 78.1 Å². The van der Waals surface area contributed by atoms with E-state index in [0.29, 0.717) is 18.8 Å². The lowest BCUT2D eigenvalue weighted by molar-refractivity contribution is 0.358. The van der Waals surface area contributed by atoms with E-state index in [1.165, 1.54) is 6.20 Å². The van der Waals surface area contributed by atoms with Crippen molar-refractivity contribution in [2.24, 2.45) is 0 Å². The van der Waals surface area contributed by atoms with Gasteiger partial charge in [-0.25, -0.2) is 13.1 Å². The Morgan fingerprint density at radius 3 is 2.75 bits per heavy atom. The summed E-state index contributed by atoms with van der Waals surface area (Å²) >= 11 is 0. The number of nitrogens with zero attached hydrogens (tertiary/aromatic N) is 2. The Morgan fingerprint density at radius 1 is 1.56 bits per heavy atom. The van der Waals surface area contributed by atoms with Gasteiger partial charge >= 0.3 is 0 Å². The van der Waals surface area contributed by atoms with Gasteiger partial charge in [0.1, 0.15) is 4.90 Å². The molecule has 0 amide bonds. The summed E-state index contributed by atoms with van der Waals surface area (Å²) in [5.74, 6) is 0. The molecule has 1 rings (SSSR count). The van der Waals surface area contributed by atoms with Crippen LogP contribution in [0.4, 0.5) is 0 Å². The van der Waals surface area contributed by atoms with Crippen LogP contribution in [0, 0.1) is 6.92 Å².